The summed E-state index contributed by atoms with van der Waals surface area (Å²) in [5.41, 5.74) is -0.736. The molecular weight excluding hydrogens is 446 g/mol. The molecule has 0 spiro atoms. The van der Waals surface area contributed by atoms with E-state index in [4.69, 9.17) is 9.16 Å². The number of rotatable bonds is 8. The van der Waals surface area contributed by atoms with Crippen LogP contribution in [-0.2, 0) is 15.8 Å². The van der Waals surface area contributed by atoms with Gasteiger partial charge in [-0.3, -0.25) is 15.0 Å². The van der Waals surface area contributed by atoms with Gasteiger partial charge in [0.2, 0.25) is 0 Å². The summed E-state index contributed by atoms with van der Waals surface area (Å²) in [5.74, 6) is -2.54. The predicted molar refractivity (Wildman–Crippen MR) is 119 cm³/mol. The minimum Gasteiger partial charge on any atom is -0.444 e. The number of alkyl halides is 2. The van der Waals surface area contributed by atoms with E-state index >= 15 is 0 Å². The van der Waals surface area contributed by atoms with E-state index in [2.05, 4.69) is 20.8 Å². The zero-order valence-corrected chi connectivity index (χ0v) is 20.4. The topological polar surface area (TPSA) is 81.9 Å². The van der Waals surface area contributed by atoms with E-state index in [9.17, 15) is 23.7 Å². The Bertz CT molecular complexity index is 776. The number of likely N-dealkylation sites (tertiary alicyclic amines) is 1. The second-order valence-electron chi connectivity index (χ2n) is 9.04. The lowest BCUT2D eigenvalue weighted by molar-refractivity contribution is -0.384. The Labute approximate surface area is 187 Å². The number of nitro groups is 1. The van der Waals surface area contributed by atoms with Crippen LogP contribution in [0.5, 0.6) is 0 Å². The molecule has 31 heavy (non-hydrogen) atoms. The summed E-state index contributed by atoms with van der Waals surface area (Å²) in [5, 5.41) is 10.8. The summed E-state index contributed by atoms with van der Waals surface area (Å²) < 4.78 is 37.8. The van der Waals surface area contributed by atoms with Crippen LogP contribution < -0.4 is 0 Å². The molecule has 1 fully saturated rings. The molecule has 174 valence electrons. The summed E-state index contributed by atoms with van der Waals surface area (Å²) in [6, 6.07) is 5.72. The first-order valence-corrected chi connectivity index (χ1v) is 13.9. The van der Waals surface area contributed by atoms with Gasteiger partial charge in [-0.15, -0.1) is 0 Å². The van der Waals surface area contributed by atoms with Crippen molar-refractivity contribution in [1.82, 2.24) is 4.90 Å². The molecule has 1 saturated heterocycles. The van der Waals surface area contributed by atoms with Gasteiger partial charge in [-0.05, 0) is 42.1 Å². The highest BCUT2D eigenvalue weighted by Gasteiger charge is 2.53. The molecule has 1 aliphatic heterocycles. The van der Waals surface area contributed by atoms with Crippen molar-refractivity contribution in [3.63, 3.8) is 0 Å². The van der Waals surface area contributed by atoms with Gasteiger partial charge >= 0.3 is 6.09 Å². The Morgan fingerprint density at radius 3 is 2.45 bits per heavy atom. The number of carbonyl (C=O) groups excluding carboxylic acids is 1. The molecule has 0 aromatic heterocycles. The molecule has 2 atom stereocenters. The van der Waals surface area contributed by atoms with Crippen LogP contribution in [0.4, 0.5) is 19.3 Å². The van der Waals surface area contributed by atoms with Gasteiger partial charge < -0.3 is 9.16 Å². The molecule has 0 saturated carbocycles. The highest BCUT2D eigenvalue weighted by Crippen LogP contribution is 2.45. The number of ether oxygens (including phenoxy) is 1. The van der Waals surface area contributed by atoms with Gasteiger partial charge in [0, 0.05) is 30.9 Å². The van der Waals surface area contributed by atoms with E-state index < -0.39 is 31.5 Å². The summed E-state index contributed by atoms with van der Waals surface area (Å²) >= 11 is 0.473. The number of halogens is 2. The van der Waals surface area contributed by atoms with Crippen molar-refractivity contribution in [3.05, 3.63) is 39.9 Å². The van der Waals surface area contributed by atoms with Crippen LogP contribution in [0.2, 0.25) is 13.1 Å². The number of benzene rings is 1. The van der Waals surface area contributed by atoms with Gasteiger partial charge in [0.15, 0.2) is 9.04 Å². The first kappa shape index (κ1) is 25.5. The number of amides is 1. The van der Waals surface area contributed by atoms with Crippen LogP contribution in [-0.4, -0.2) is 48.7 Å². The van der Waals surface area contributed by atoms with Gasteiger partial charge in [-0.2, -0.15) is 8.78 Å². The van der Waals surface area contributed by atoms with E-state index in [1.807, 2.05) is 13.1 Å². The second-order valence-corrected chi connectivity index (χ2v) is 12.4. The van der Waals surface area contributed by atoms with Crippen molar-refractivity contribution in [2.45, 2.75) is 58.4 Å². The molecule has 1 amide bonds. The van der Waals surface area contributed by atoms with E-state index in [1.54, 1.807) is 0 Å². The van der Waals surface area contributed by atoms with E-state index in [0.717, 1.165) is 0 Å². The summed E-state index contributed by atoms with van der Waals surface area (Å²) in [7, 11) is -1.68. The van der Waals surface area contributed by atoms with Gasteiger partial charge in [0.05, 0.1) is 4.92 Å². The van der Waals surface area contributed by atoms with Gasteiger partial charge in [0.25, 0.3) is 11.4 Å². The molecule has 11 heteroatoms. The van der Waals surface area contributed by atoms with Crippen molar-refractivity contribution in [3.8, 4) is 0 Å². The third-order valence-electron chi connectivity index (χ3n) is 5.30. The molecular formula is C20H30F2N2O5SSi. The monoisotopic (exact) mass is 476 g/mol. The molecule has 0 unspecified atom stereocenters. The fourth-order valence-electron chi connectivity index (χ4n) is 3.62. The molecule has 2 rings (SSSR count). The van der Waals surface area contributed by atoms with Crippen LogP contribution >= 0.6 is 11.8 Å². The Balaban J connectivity index is 2.22. The number of thioether (sulfide) groups is 1. The summed E-state index contributed by atoms with van der Waals surface area (Å²) in [6.07, 6.45) is -0.164. The van der Waals surface area contributed by atoms with Gasteiger partial charge in [0.1, 0.15) is 12.3 Å². The molecule has 7 nitrogen and oxygen atoms in total. The van der Waals surface area contributed by atoms with Crippen molar-refractivity contribution in [1.29, 1.82) is 0 Å². The van der Waals surface area contributed by atoms with Crippen LogP contribution in [0.1, 0.15) is 32.8 Å². The highest BCUT2D eigenvalue weighted by atomic mass is 32.2. The molecule has 0 aliphatic carbocycles. The predicted octanol–water partition coefficient (Wildman–Crippen LogP) is 5.25. The van der Waals surface area contributed by atoms with Crippen LogP contribution in [0.15, 0.2) is 24.3 Å². The molecule has 1 aliphatic rings. The molecule has 0 N–H and O–H groups in total. The zero-order valence-electron chi connectivity index (χ0n) is 18.5. The van der Waals surface area contributed by atoms with Crippen LogP contribution in [0, 0.1) is 21.4 Å². The van der Waals surface area contributed by atoms with Crippen molar-refractivity contribution < 1.29 is 27.7 Å². The average Bonchev–Trinajstić information content (AvgIpc) is 3.04. The number of nitrogens with zero attached hydrogens (tertiary/aromatic N) is 2. The first-order valence-electron chi connectivity index (χ1n) is 10.1. The van der Waals surface area contributed by atoms with Crippen molar-refractivity contribution in [2.24, 2.45) is 11.3 Å². The van der Waals surface area contributed by atoms with E-state index in [-0.39, 0.29) is 29.4 Å². The molecule has 1 aromatic carbocycles. The fourth-order valence-corrected chi connectivity index (χ4v) is 5.65. The molecule has 1 aromatic rings. The lowest BCUT2D eigenvalue weighted by atomic mass is 9.79. The first-order chi connectivity index (χ1) is 14.3. The van der Waals surface area contributed by atoms with Gasteiger partial charge in [-0.25, -0.2) is 4.79 Å². The van der Waals surface area contributed by atoms with Gasteiger partial charge in [-0.1, -0.05) is 32.5 Å². The Kier molecular flexibility index (Phi) is 8.45. The second kappa shape index (κ2) is 10.3. The van der Waals surface area contributed by atoms with Crippen LogP contribution in [0.25, 0.3) is 0 Å². The third-order valence-corrected chi connectivity index (χ3v) is 7.08. The van der Waals surface area contributed by atoms with Crippen LogP contribution in [0.3, 0.4) is 0 Å². The zero-order chi connectivity index (χ0) is 23.4. The minimum atomic E-state index is -2.57. The lowest BCUT2D eigenvalue weighted by Gasteiger charge is -2.39. The number of carbonyl (C=O) groups is 1. The quantitative estimate of drug-likeness (QED) is 0.289. The Morgan fingerprint density at radius 1 is 1.35 bits per heavy atom. The summed E-state index contributed by atoms with van der Waals surface area (Å²) in [6.45, 7) is 10.3. The number of hydrogen-bond acceptors (Lipinski definition) is 6. The van der Waals surface area contributed by atoms with Crippen molar-refractivity contribution >= 4 is 32.6 Å². The largest absolute Gasteiger partial charge is 0.444 e. The average molecular weight is 477 g/mol. The van der Waals surface area contributed by atoms with Crippen molar-refractivity contribution in [2.75, 3.05) is 12.3 Å². The maximum atomic E-state index is 13.0. The highest BCUT2D eigenvalue weighted by molar-refractivity contribution is 7.99. The molecule has 0 bridgehead atoms. The normalized spacial score (nSPS) is 21.7. The van der Waals surface area contributed by atoms with E-state index in [1.165, 1.54) is 29.2 Å². The number of nitro benzene ring substituents is 1. The smallest absolute Gasteiger partial charge is 0.412 e. The fraction of sp³-hybridized carbons (Fsp3) is 0.650. The summed E-state index contributed by atoms with van der Waals surface area (Å²) in [4.78, 5) is 24.8. The molecule has 1 heterocycles. The number of hydrogen-bond donors (Lipinski definition) is 0. The Morgan fingerprint density at radius 2 is 1.97 bits per heavy atom. The molecule has 0 radical (unpaired) electrons. The standard InChI is InChI=1S/C20H30F2N2O5SSi/c1-19(2,3)15-10-20(29-31(4)5,13-30-17(21)22)23(11-15)18(25)28-12-14-6-8-16(9-7-14)24(26)27/h6-9,15,17,31H,10-13H2,1-5H3/t15-,20-/m0/s1. The maximum Gasteiger partial charge on any atom is 0.412 e. The number of non-ortho nitro benzene ring substituents is 1. The lowest BCUT2D eigenvalue weighted by Crippen LogP contribution is -2.53. The Hall–Kier alpha value is -1.72. The SMILES string of the molecule is C[SiH](C)O[C@]1(CSC(F)F)C[C@H](C(C)(C)C)CN1C(=O)OCc1ccc([N+](=O)[O-])cc1. The third kappa shape index (κ3) is 6.88. The van der Waals surface area contributed by atoms with E-state index in [0.29, 0.717) is 30.3 Å². The minimum absolute atomic E-state index is 0.0327. The maximum absolute atomic E-state index is 13.0.